The van der Waals surface area contributed by atoms with Crippen molar-refractivity contribution in [1.29, 1.82) is 0 Å². The summed E-state index contributed by atoms with van der Waals surface area (Å²) in [6, 6.07) is 14.6. The fraction of sp³-hybridized carbons (Fsp3) is 0.310. The van der Waals surface area contributed by atoms with Gasteiger partial charge in [-0.05, 0) is 36.1 Å². The molecule has 0 spiro atoms. The third kappa shape index (κ3) is 5.00. The molecule has 40 heavy (non-hydrogen) atoms. The summed E-state index contributed by atoms with van der Waals surface area (Å²) in [5.41, 5.74) is 3.04. The second-order valence-corrected chi connectivity index (χ2v) is 10.1. The fourth-order valence-electron chi connectivity index (χ4n) is 4.76. The number of methoxy groups -OCH3 is 1. The van der Waals surface area contributed by atoms with Crippen molar-refractivity contribution in [2.75, 3.05) is 7.11 Å². The molecule has 5 aromatic rings. The quantitative estimate of drug-likeness (QED) is 0.230. The zero-order valence-corrected chi connectivity index (χ0v) is 23.7. The van der Waals surface area contributed by atoms with Gasteiger partial charge < -0.3 is 9.47 Å². The maximum atomic E-state index is 15.6. The van der Waals surface area contributed by atoms with Crippen molar-refractivity contribution in [3.8, 4) is 23.0 Å². The molecule has 0 radical (unpaired) electrons. The Morgan fingerprint density at radius 2 is 1.82 bits per heavy atom. The van der Waals surface area contributed by atoms with Crippen molar-refractivity contribution in [3.05, 3.63) is 86.8 Å². The summed E-state index contributed by atoms with van der Waals surface area (Å²) in [7, 11) is 3.23. The van der Waals surface area contributed by atoms with Gasteiger partial charge in [0.15, 0.2) is 11.6 Å². The highest BCUT2D eigenvalue weighted by molar-refractivity contribution is 6.34. The van der Waals surface area contributed by atoms with Crippen molar-refractivity contribution < 1.29 is 13.9 Å². The molecule has 0 saturated heterocycles. The van der Waals surface area contributed by atoms with Crippen LogP contribution in [0.4, 0.5) is 4.39 Å². The maximum absolute atomic E-state index is 15.6. The molecule has 0 saturated carbocycles. The van der Waals surface area contributed by atoms with E-state index in [4.69, 9.17) is 26.1 Å². The molecule has 0 bridgehead atoms. The summed E-state index contributed by atoms with van der Waals surface area (Å²) in [4.78, 5) is 18.0. The van der Waals surface area contributed by atoms with Crippen LogP contribution in [0.25, 0.3) is 28.0 Å². The number of halogens is 2. The first-order valence-electron chi connectivity index (χ1n) is 12.9. The molecule has 0 aliphatic heterocycles. The number of rotatable bonds is 9. The predicted octanol–water partition coefficient (Wildman–Crippen LogP) is 5.64. The Bertz CT molecular complexity index is 1740. The lowest BCUT2D eigenvalue weighted by Gasteiger charge is -2.14. The van der Waals surface area contributed by atoms with E-state index in [1.54, 1.807) is 17.8 Å². The molecule has 0 aliphatic rings. The number of hydrogen-bond acceptors (Lipinski definition) is 6. The molecule has 0 aliphatic carbocycles. The van der Waals surface area contributed by atoms with Crippen LogP contribution in [0.1, 0.15) is 43.6 Å². The minimum Gasteiger partial charge on any atom is -0.479 e. The second-order valence-electron chi connectivity index (χ2n) is 9.70. The fourth-order valence-corrected chi connectivity index (χ4v) is 5.09. The summed E-state index contributed by atoms with van der Waals surface area (Å²) in [5, 5.41) is 9.78. The standard InChI is InChI=1S/C29H30ClFN6O3/c1-6-36-25(16-40-15-18-10-8-7-9-11-18)33-37(29(36)38)24-13-20-19(17(2)3)12-23(32-22(20)14-21(24)31)27-26(30)28(39-5)34-35(27)4/h7-14,17H,6,15-16H2,1-5H3. The van der Waals surface area contributed by atoms with E-state index < -0.39 is 11.5 Å². The molecule has 3 heterocycles. The number of aryl methyl sites for hydroxylation is 1. The molecular weight excluding hydrogens is 535 g/mol. The molecule has 0 amide bonds. The smallest absolute Gasteiger partial charge is 0.350 e. The summed E-state index contributed by atoms with van der Waals surface area (Å²) in [5.74, 6) is 0.131. The number of ether oxygens (including phenoxy) is 2. The lowest BCUT2D eigenvalue weighted by atomic mass is 9.96. The largest absolute Gasteiger partial charge is 0.479 e. The normalized spacial score (nSPS) is 11.6. The topological polar surface area (TPSA) is 89.0 Å². The minimum absolute atomic E-state index is 0.0469. The zero-order valence-electron chi connectivity index (χ0n) is 23.0. The highest BCUT2D eigenvalue weighted by atomic mass is 35.5. The van der Waals surface area contributed by atoms with Gasteiger partial charge in [0.2, 0.25) is 0 Å². The minimum atomic E-state index is -0.625. The van der Waals surface area contributed by atoms with Crippen molar-refractivity contribution in [2.45, 2.75) is 46.4 Å². The molecule has 0 atom stereocenters. The van der Waals surface area contributed by atoms with Crippen molar-refractivity contribution in [3.63, 3.8) is 0 Å². The van der Waals surface area contributed by atoms with Crippen LogP contribution in [-0.2, 0) is 31.5 Å². The SMILES string of the molecule is CCn1c(COCc2ccccc2)nn(-c2cc3c(C(C)C)cc(-c4c(Cl)c(OC)nn4C)nc3cc2F)c1=O. The Balaban J connectivity index is 1.57. The van der Waals surface area contributed by atoms with Crippen molar-refractivity contribution in [1.82, 2.24) is 29.1 Å². The molecule has 0 N–H and O–H groups in total. The Morgan fingerprint density at radius 3 is 2.48 bits per heavy atom. The van der Waals surface area contributed by atoms with Crippen LogP contribution < -0.4 is 10.4 Å². The van der Waals surface area contributed by atoms with Crippen LogP contribution in [0.5, 0.6) is 5.88 Å². The van der Waals surface area contributed by atoms with E-state index >= 15 is 4.39 Å². The molecule has 2 aromatic carbocycles. The average Bonchev–Trinajstić information content (AvgIpc) is 3.41. The zero-order chi connectivity index (χ0) is 28.6. The van der Waals surface area contributed by atoms with E-state index in [9.17, 15) is 4.79 Å². The summed E-state index contributed by atoms with van der Waals surface area (Å²) in [6.45, 7) is 6.76. The highest BCUT2D eigenvalue weighted by Gasteiger charge is 2.23. The lowest BCUT2D eigenvalue weighted by molar-refractivity contribution is 0.0989. The van der Waals surface area contributed by atoms with Crippen LogP contribution in [0.2, 0.25) is 5.02 Å². The second kappa shape index (κ2) is 11.2. The van der Waals surface area contributed by atoms with E-state index in [2.05, 4.69) is 10.2 Å². The predicted molar refractivity (Wildman–Crippen MR) is 152 cm³/mol. The number of aromatic nitrogens is 6. The Morgan fingerprint density at radius 1 is 1.07 bits per heavy atom. The van der Waals surface area contributed by atoms with Gasteiger partial charge in [-0.25, -0.2) is 14.2 Å². The Kier molecular flexibility index (Phi) is 7.73. The number of fused-ring (bicyclic) bond motifs is 1. The van der Waals surface area contributed by atoms with Gasteiger partial charge in [-0.15, -0.1) is 10.2 Å². The molecule has 11 heteroatoms. The molecule has 3 aromatic heterocycles. The third-order valence-electron chi connectivity index (χ3n) is 6.75. The summed E-state index contributed by atoms with van der Waals surface area (Å²) in [6.07, 6.45) is 0. The molecular formula is C29H30ClFN6O3. The Labute approximate surface area is 235 Å². The number of benzene rings is 2. The van der Waals surface area contributed by atoms with Gasteiger partial charge in [0.1, 0.15) is 23.0 Å². The summed E-state index contributed by atoms with van der Waals surface area (Å²) < 4.78 is 30.9. The first kappa shape index (κ1) is 27.5. The molecule has 0 fully saturated rings. The van der Waals surface area contributed by atoms with Crippen LogP contribution in [0.15, 0.2) is 53.3 Å². The van der Waals surface area contributed by atoms with Crippen LogP contribution in [-0.4, -0.2) is 36.2 Å². The summed E-state index contributed by atoms with van der Waals surface area (Å²) >= 11 is 6.52. The molecule has 0 unspecified atom stereocenters. The van der Waals surface area contributed by atoms with Crippen LogP contribution in [0, 0.1) is 5.82 Å². The van der Waals surface area contributed by atoms with Gasteiger partial charge in [-0.1, -0.05) is 55.8 Å². The monoisotopic (exact) mass is 564 g/mol. The number of nitrogens with zero attached hydrogens (tertiary/aromatic N) is 6. The van der Waals surface area contributed by atoms with Crippen LogP contribution in [0.3, 0.4) is 0 Å². The van der Waals surface area contributed by atoms with E-state index in [1.807, 2.05) is 57.2 Å². The average molecular weight is 565 g/mol. The van der Waals surface area contributed by atoms with Crippen LogP contribution >= 0.6 is 11.6 Å². The third-order valence-corrected chi connectivity index (χ3v) is 7.09. The number of pyridine rings is 1. The van der Waals surface area contributed by atoms with E-state index in [0.29, 0.717) is 46.3 Å². The van der Waals surface area contributed by atoms with Gasteiger partial charge in [0, 0.05) is 25.0 Å². The maximum Gasteiger partial charge on any atom is 0.350 e. The molecule has 208 valence electrons. The van der Waals surface area contributed by atoms with E-state index in [0.717, 1.165) is 15.8 Å². The van der Waals surface area contributed by atoms with Gasteiger partial charge in [0.05, 0.1) is 24.9 Å². The van der Waals surface area contributed by atoms with E-state index in [-0.39, 0.29) is 24.1 Å². The Hall–Kier alpha value is -4.02. The van der Waals surface area contributed by atoms with E-state index in [1.165, 1.54) is 17.7 Å². The van der Waals surface area contributed by atoms with Crippen molar-refractivity contribution >= 4 is 22.5 Å². The molecule has 5 rings (SSSR count). The van der Waals surface area contributed by atoms with Gasteiger partial charge in [-0.3, -0.25) is 9.25 Å². The van der Waals surface area contributed by atoms with Gasteiger partial charge in [-0.2, -0.15) is 4.68 Å². The first-order chi connectivity index (χ1) is 19.2. The van der Waals surface area contributed by atoms with Crippen molar-refractivity contribution in [2.24, 2.45) is 7.05 Å². The van der Waals surface area contributed by atoms with Gasteiger partial charge in [0.25, 0.3) is 5.88 Å². The first-order valence-corrected chi connectivity index (χ1v) is 13.3. The number of hydrogen-bond donors (Lipinski definition) is 0. The lowest BCUT2D eigenvalue weighted by Crippen LogP contribution is -2.24. The molecule has 9 nitrogen and oxygen atoms in total. The highest BCUT2D eigenvalue weighted by Crippen LogP contribution is 2.37. The van der Waals surface area contributed by atoms with Gasteiger partial charge >= 0.3 is 5.69 Å².